The summed E-state index contributed by atoms with van der Waals surface area (Å²) in [6, 6.07) is 3.58. The van der Waals surface area contributed by atoms with Crippen molar-refractivity contribution in [2.75, 3.05) is 18.2 Å². The molecule has 0 aliphatic heterocycles. The maximum absolute atomic E-state index is 5.69. The number of pyridine rings is 1. The Kier molecular flexibility index (Phi) is 3.43. The number of rotatable bonds is 4. The molecule has 0 radical (unpaired) electrons. The Morgan fingerprint density at radius 2 is 2.29 bits per heavy atom. The molecule has 6 heteroatoms. The first-order valence-electron chi connectivity index (χ1n) is 5.14. The maximum atomic E-state index is 5.69. The van der Waals surface area contributed by atoms with E-state index in [4.69, 9.17) is 10.5 Å². The molecule has 0 saturated carbocycles. The minimum absolute atomic E-state index is 0.435. The largest absolute Gasteiger partial charge is 0.479 e. The Bertz CT molecular complexity index is 512. The Hall–Kier alpha value is -1.82. The van der Waals surface area contributed by atoms with Crippen LogP contribution in [0.15, 0.2) is 18.3 Å². The highest BCUT2D eigenvalue weighted by Crippen LogP contribution is 2.21. The van der Waals surface area contributed by atoms with Crippen LogP contribution in [0, 0.1) is 6.92 Å². The summed E-state index contributed by atoms with van der Waals surface area (Å²) in [4.78, 5) is 9.69. The van der Waals surface area contributed by atoms with E-state index in [9.17, 15) is 0 Å². The number of ether oxygens (including phenoxy) is 1. The molecule has 2 heterocycles. The summed E-state index contributed by atoms with van der Waals surface area (Å²) in [5, 5.41) is 4.21. The summed E-state index contributed by atoms with van der Waals surface area (Å²) in [6.45, 7) is 2.68. The zero-order chi connectivity index (χ0) is 12.3. The lowest BCUT2D eigenvalue weighted by Gasteiger charge is -2.07. The van der Waals surface area contributed by atoms with Gasteiger partial charge in [-0.25, -0.2) is 4.98 Å². The molecule has 17 heavy (non-hydrogen) atoms. The van der Waals surface area contributed by atoms with E-state index in [1.165, 1.54) is 4.88 Å². The molecule has 0 saturated heterocycles. The molecule has 0 aliphatic carbocycles. The third-order valence-electron chi connectivity index (χ3n) is 2.17. The van der Waals surface area contributed by atoms with Crippen LogP contribution < -0.4 is 15.8 Å². The predicted octanol–water partition coefficient (Wildman–Crippen LogP) is 2.05. The molecule has 0 bridgehead atoms. The highest BCUT2D eigenvalue weighted by Gasteiger charge is 2.03. The van der Waals surface area contributed by atoms with E-state index < -0.39 is 0 Å². The lowest BCUT2D eigenvalue weighted by molar-refractivity contribution is 0.401. The summed E-state index contributed by atoms with van der Waals surface area (Å²) >= 11 is 1.66. The van der Waals surface area contributed by atoms with Crippen LogP contribution in [-0.4, -0.2) is 17.1 Å². The smallest absolute Gasteiger partial charge is 0.238 e. The SMILES string of the molecule is COc1nc(NCc2ncc(C)s2)ccc1N. The third-order valence-corrected chi connectivity index (χ3v) is 3.09. The highest BCUT2D eigenvalue weighted by molar-refractivity contribution is 7.11. The van der Waals surface area contributed by atoms with Crippen molar-refractivity contribution in [3.63, 3.8) is 0 Å². The van der Waals surface area contributed by atoms with Gasteiger partial charge in [0.05, 0.1) is 19.3 Å². The van der Waals surface area contributed by atoms with Crippen molar-refractivity contribution in [1.82, 2.24) is 9.97 Å². The van der Waals surface area contributed by atoms with E-state index >= 15 is 0 Å². The topological polar surface area (TPSA) is 73.1 Å². The van der Waals surface area contributed by atoms with Gasteiger partial charge in [-0.15, -0.1) is 11.3 Å². The van der Waals surface area contributed by atoms with Crippen LogP contribution in [0.5, 0.6) is 5.88 Å². The normalized spacial score (nSPS) is 10.2. The van der Waals surface area contributed by atoms with Crippen LogP contribution in [0.4, 0.5) is 11.5 Å². The van der Waals surface area contributed by atoms with Crippen LogP contribution in [0.1, 0.15) is 9.88 Å². The van der Waals surface area contributed by atoms with Gasteiger partial charge in [0.25, 0.3) is 0 Å². The third kappa shape index (κ3) is 2.85. The lowest BCUT2D eigenvalue weighted by Crippen LogP contribution is -2.03. The highest BCUT2D eigenvalue weighted by atomic mass is 32.1. The average molecular weight is 250 g/mol. The number of nitrogens with two attached hydrogens (primary N) is 1. The van der Waals surface area contributed by atoms with Crippen molar-refractivity contribution in [2.24, 2.45) is 0 Å². The number of methoxy groups -OCH3 is 1. The fourth-order valence-corrected chi connectivity index (χ4v) is 2.09. The summed E-state index contributed by atoms with van der Waals surface area (Å²) < 4.78 is 5.05. The molecule has 0 aromatic carbocycles. The van der Waals surface area contributed by atoms with Gasteiger partial charge in [-0.2, -0.15) is 4.98 Å². The van der Waals surface area contributed by atoms with Gasteiger partial charge in [0, 0.05) is 11.1 Å². The molecule has 0 spiro atoms. The number of nitrogens with zero attached hydrogens (tertiary/aromatic N) is 2. The van der Waals surface area contributed by atoms with Gasteiger partial charge >= 0.3 is 0 Å². The molecule has 2 aromatic heterocycles. The van der Waals surface area contributed by atoms with E-state index in [0.717, 1.165) is 10.8 Å². The summed E-state index contributed by atoms with van der Waals surface area (Å²) in [5.74, 6) is 1.16. The zero-order valence-corrected chi connectivity index (χ0v) is 10.5. The van der Waals surface area contributed by atoms with E-state index in [-0.39, 0.29) is 0 Å². The number of nitrogen functional groups attached to an aromatic ring is 1. The molecular weight excluding hydrogens is 236 g/mol. The van der Waals surface area contributed by atoms with E-state index in [1.807, 2.05) is 19.2 Å². The summed E-state index contributed by atoms with van der Waals surface area (Å²) in [5.41, 5.74) is 6.22. The first-order chi connectivity index (χ1) is 8.19. The summed E-state index contributed by atoms with van der Waals surface area (Å²) in [6.07, 6.45) is 1.86. The minimum atomic E-state index is 0.435. The minimum Gasteiger partial charge on any atom is -0.479 e. The molecule has 0 atom stereocenters. The number of nitrogens with one attached hydrogen (secondary N) is 1. The second kappa shape index (κ2) is 5.01. The van der Waals surface area contributed by atoms with E-state index in [2.05, 4.69) is 15.3 Å². The van der Waals surface area contributed by atoms with Gasteiger partial charge in [-0.1, -0.05) is 0 Å². The second-order valence-corrected chi connectivity index (χ2v) is 4.83. The molecule has 0 amide bonds. The number of hydrogen-bond donors (Lipinski definition) is 2. The van der Waals surface area contributed by atoms with Crippen molar-refractivity contribution in [2.45, 2.75) is 13.5 Å². The van der Waals surface area contributed by atoms with Gasteiger partial charge in [-0.3, -0.25) is 0 Å². The summed E-state index contributed by atoms with van der Waals surface area (Å²) in [7, 11) is 1.55. The van der Waals surface area contributed by atoms with Crippen molar-refractivity contribution in [3.8, 4) is 5.88 Å². The van der Waals surface area contributed by atoms with Gasteiger partial charge in [-0.05, 0) is 19.1 Å². The maximum Gasteiger partial charge on any atom is 0.238 e. The Balaban J connectivity index is 2.04. The van der Waals surface area contributed by atoms with Gasteiger partial charge in [0.2, 0.25) is 5.88 Å². The fourth-order valence-electron chi connectivity index (χ4n) is 1.36. The quantitative estimate of drug-likeness (QED) is 0.868. The lowest BCUT2D eigenvalue weighted by atomic mass is 10.4. The Morgan fingerprint density at radius 3 is 2.94 bits per heavy atom. The Morgan fingerprint density at radius 1 is 1.47 bits per heavy atom. The van der Waals surface area contributed by atoms with Crippen LogP contribution in [-0.2, 0) is 6.54 Å². The van der Waals surface area contributed by atoms with Crippen LogP contribution in [0.2, 0.25) is 0 Å². The van der Waals surface area contributed by atoms with Gasteiger partial charge < -0.3 is 15.8 Å². The molecule has 0 unspecified atom stereocenters. The average Bonchev–Trinajstić information content (AvgIpc) is 2.74. The van der Waals surface area contributed by atoms with Crippen LogP contribution in [0.25, 0.3) is 0 Å². The Labute approximate surface area is 104 Å². The first-order valence-corrected chi connectivity index (χ1v) is 5.96. The number of aromatic nitrogens is 2. The number of anilines is 2. The second-order valence-electron chi connectivity index (χ2n) is 3.51. The predicted molar refractivity (Wildman–Crippen MR) is 69.4 cm³/mol. The van der Waals surface area contributed by atoms with Crippen molar-refractivity contribution >= 4 is 22.8 Å². The van der Waals surface area contributed by atoms with Crippen molar-refractivity contribution in [1.29, 1.82) is 0 Å². The fraction of sp³-hybridized carbons (Fsp3) is 0.273. The number of thiazole rings is 1. The van der Waals surface area contributed by atoms with Gasteiger partial charge in [0.15, 0.2) is 0 Å². The van der Waals surface area contributed by atoms with Crippen molar-refractivity contribution in [3.05, 3.63) is 28.2 Å². The van der Waals surface area contributed by atoms with Crippen molar-refractivity contribution < 1.29 is 4.74 Å². The molecule has 90 valence electrons. The molecule has 3 N–H and O–H groups in total. The monoisotopic (exact) mass is 250 g/mol. The van der Waals surface area contributed by atoms with Crippen LogP contribution >= 0.6 is 11.3 Å². The van der Waals surface area contributed by atoms with E-state index in [0.29, 0.717) is 18.1 Å². The molecule has 0 fully saturated rings. The van der Waals surface area contributed by atoms with Gasteiger partial charge in [0.1, 0.15) is 10.8 Å². The molecule has 2 aromatic rings. The molecule has 2 rings (SSSR count). The van der Waals surface area contributed by atoms with Crippen LogP contribution in [0.3, 0.4) is 0 Å². The zero-order valence-electron chi connectivity index (χ0n) is 9.73. The number of aryl methyl sites for hydroxylation is 1. The number of hydrogen-bond acceptors (Lipinski definition) is 6. The first kappa shape index (κ1) is 11.7. The van der Waals surface area contributed by atoms with E-state index in [1.54, 1.807) is 24.5 Å². The molecule has 0 aliphatic rings. The molecule has 5 nitrogen and oxygen atoms in total. The molecular formula is C11H14N4OS. The standard InChI is InChI=1S/C11H14N4OS/c1-7-5-14-10(17-7)6-13-9-4-3-8(12)11(15-9)16-2/h3-5H,6,12H2,1-2H3,(H,13,15).